The van der Waals surface area contributed by atoms with Crippen LogP contribution in [-0.4, -0.2) is 29.5 Å². The van der Waals surface area contributed by atoms with Gasteiger partial charge in [0, 0.05) is 23.7 Å². The van der Waals surface area contributed by atoms with Crippen molar-refractivity contribution in [2.45, 2.75) is 24.7 Å². The van der Waals surface area contributed by atoms with E-state index in [1.807, 2.05) is 18.3 Å². The van der Waals surface area contributed by atoms with Crippen molar-refractivity contribution in [3.63, 3.8) is 0 Å². The number of pyridine rings is 1. The minimum Gasteiger partial charge on any atom is -0.302 e. The van der Waals surface area contributed by atoms with Crippen LogP contribution in [0.5, 0.6) is 0 Å². The van der Waals surface area contributed by atoms with Crippen molar-refractivity contribution in [1.29, 1.82) is 0 Å². The summed E-state index contributed by atoms with van der Waals surface area (Å²) >= 11 is 0. The van der Waals surface area contributed by atoms with Crippen molar-refractivity contribution in [2.75, 3.05) is 19.6 Å². The van der Waals surface area contributed by atoms with Crippen molar-refractivity contribution >= 4 is 0 Å². The molecule has 2 aromatic rings. The van der Waals surface area contributed by atoms with Gasteiger partial charge in [0.05, 0.1) is 5.69 Å². The Morgan fingerprint density at radius 1 is 1.10 bits per heavy atom. The summed E-state index contributed by atoms with van der Waals surface area (Å²) in [5, 5.41) is 0. The highest BCUT2D eigenvalue weighted by molar-refractivity contribution is 5.59. The molecule has 2 nitrogen and oxygen atoms in total. The molecule has 3 heterocycles. The molecule has 2 atom stereocenters. The van der Waals surface area contributed by atoms with Gasteiger partial charge in [-0.1, -0.05) is 18.2 Å². The average Bonchev–Trinajstić information content (AvgIpc) is 2.83. The molecule has 2 aliphatic heterocycles. The van der Waals surface area contributed by atoms with E-state index < -0.39 is 0 Å². The van der Waals surface area contributed by atoms with E-state index in [0.29, 0.717) is 5.41 Å². The van der Waals surface area contributed by atoms with E-state index in [-0.39, 0.29) is 5.82 Å². The number of rotatable bonds is 2. The van der Waals surface area contributed by atoms with Crippen molar-refractivity contribution in [3.8, 4) is 11.3 Å². The molecule has 2 aliphatic rings. The van der Waals surface area contributed by atoms with Gasteiger partial charge in [-0.15, -0.1) is 0 Å². The molecule has 108 valence electrons. The quantitative estimate of drug-likeness (QED) is 0.836. The summed E-state index contributed by atoms with van der Waals surface area (Å²) in [6.07, 6.45) is 5.80. The molecule has 0 spiro atoms. The summed E-state index contributed by atoms with van der Waals surface area (Å²) < 4.78 is 13.3. The van der Waals surface area contributed by atoms with Crippen LogP contribution in [0.4, 0.5) is 4.39 Å². The van der Waals surface area contributed by atoms with Crippen LogP contribution < -0.4 is 0 Å². The summed E-state index contributed by atoms with van der Waals surface area (Å²) in [7, 11) is 0. The Morgan fingerprint density at radius 3 is 2.86 bits per heavy atom. The van der Waals surface area contributed by atoms with Gasteiger partial charge in [0.2, 0.25) is 0 Å². The van der Waals surface area contributed by atoms with Gasteiger partial charge in [0.15, 0.2) is 0 Å². The fourth-order valence-corrected chi connectivity index (χ4v) is 3.90. The Hall–Kier alpha value is -1.74. The second-order valence-electron chi connectivity index (χ2n) is 6.35. The van der Waals surface area contributed by atoms with Crippen LogP contribution in [0.3, 0.4) is 0 Å². The smallest absolute Gasteiger partial charge is 0.123 e. The highest BCUT2D eigenvalue weighted by atomic mass is 19.1. The monoisotopic (exact) mass is 282 g/mol. The van der Waals surface area contributed by atoms with Crippen LogP contribution in [0, 0.1) is 5.82 Å². The molecule has 0 radical (unpaired) electrons. The maximum absolute atomic E-state index is 13.3. The SMILES string of the molecule is Fc1cccc(-c2ccc(C34CCCN(CC3)C4)cn2)c1. The minimum atomic E-state index is -0.212. The van der Waals surface area contributed by atoms with E-state index in [9.17, 15) is 4.39 Å². The van der Waals surface area contributed by atoms with Gasteiger partial charge in [0.25, 0.3) is 0 Å². The van der Waals surface area contributed by atoms with Crippen LogP contribution in [0.2, 0.25) is 0 Å². The van der Waals surface area contributed by atoms with Crippen LogP contribution in [-0.2, 0) is 5.41 Å². The molecule has 2 saturated heterocycles. The predicted octanol–water partition coefficient (Wildman–Crippen LogP) is 3.63. The molecular formula is C18H19FN2. The second kappa shape index (κ2) is 4.92. The number of fused-ring (bicyclic) bond motifs is 2. The molecule has 2 unspecified atom stereocenters. The lowest BCUT2D eigenvalue weighted by Gasteiger charge is -2.34. The summed E-state index contributed by atoms with van der Waals surface area (Å²) in [4.78, 5) is 7.15. The Balaban J connectivity index is 1.65. The summed E-state index contributed by atoms with van der Waals surface area (Å²) in [5.74, 6) is -0.212. The molecule has 1 aromatic carbocycles. The van der Waals surface area contributed by atoms with E-state index in [1.54, 1.807) is 6.07 Å². The third kappa shape index (κ3) is 2.26. The molecule has 3 heteroatoms. The maximum Gasteiger partial charge on any atom is 0.123 e. The molecule has 0 saturated carbocycles. The van der Waals surface area contributed by atoms with Crippen molar-refractivity contribution in [3.05, 3.63) is 54.0 Å². The first-order valence-corrected chi connectivity index (χ1v) is 7.70. The number of hydrogen-bond donors (Lipinski definition) is 0. The van der Waals surface area contributed by atoms with Gasteiger partial charge < -0.3 is 4.90 Å². The third-order valence-electron chi connectivity index (χ3n) is 5.06. The fourth-order valence-electron chi connectivity index (χ4n) is 3.90. The lowest BCUT2D eigenvalue weighted by Crippen LogP contribution is -2.36. The first-order valence-electron chi connectivity index (χ1n) is 7.70. The van der Waals surface area contributed by atoms with E-state index in [0.717, 1.165) is 11.3 Å². The molecule has 21 heavy (non-hydrogen) atoms. The number of aromatic nitrogens is 1. The molecule has 0 aliphatic carbocycles. The van der Waals surface area contributed by atoms with Gasteiger partial charge in [-0.3, -0.25) is 4.98 Å². The predicted molar refractivity (Wildman–Crippen MR) is 81.6 cm³/mol. The molecule has 1 aromatic heterocycles. The van der Waals surface area contributed by atoms with E-state index in [2.05, 4.69) is 16.0 Å². The topological polar surface area (TPSA) is 16.1 Å². The Morgan fingerprint density at radius 2 is 2.05 bits per heavy atom. The van der Waals surface area contributed by atoms with Crippen molar-refractivity contribution in [2.24, 2.45) is 0 Å². The Labute approximate surface area is 124 Å². The Bertz CT molecular complexity index is 649. The summed E-state index contributed by atoms with van der Waals surface area (Å²) in [6.45, 7) is 3.64. The standard InChI is InChI=1S/C18H19FN2/c19-16-4-1-3-14(11-16)17-6-5-15(12-20-17)18-7-2-9-21(13-18)10-8-18/h1,3-6,11-12H,2,7-10,13H2. The zero-order valence-electron chi connectivity index (χ0n) is 12.1. The lowest BCUT2D eigenvalue weighted by molar-refractivity contribution is 0.243. The first kappa shape index (κ1) is 13.0. The van der Waals surface area contributed by atoms with E-state index in [4.69, 9.17) is 0 Å². The van der Waals surface area contributed by atoms with E-state index in [1.165, 1.54) is 56.6 Å². The van der Waals surface area contributed by atoms with Crippen LogP contribution in [0.15, 0.2) is 42.6 Å². The number of nitrogens with zero attached hydrogens (tertiary/aromatic N) is 2. The number of hydrogen-bond acceptors (Lipinski definition) is 2. The van der Waals surface area contributed by atoms with Gasteiger partial charge in [-0.2, -0.15) is 0 Å². The zero-order chi connectivity index (χ0) is 14.3. The number of benzene rings is 1. The maximum atomic E-state index is 13.3. The van der Waals surface area contributed by atoms with E-state index >= 15 is 0 Å². The summed E-state index contributed by atoms with van der Waals surface area (Å²) in [6, 6.07) is 10.9. The minimum absolute atomic E-state index is 0.212. The largest absolute Gasteiger partial charge is 0.302 e. The molecule has 4 rings (SSSR count). The highest BCUT2D eigenvalue weighted by Crippen LogP contribution is 2.42. The first-order chi connectivity index (χ1) is 10.3. The molecule has 0 N–H and O–H groups in total. The Kier molecular flexibility index (Phi) is 3.03. The van der Waals surface area contributed by atoms with Crippen LogP contribution >= 0.6 is 0 Å². The highest BCUT2D eigenvalue weighted by Gasteiger charge is 2.42. The fraction of sp³-hybridized carbons (Fsp3) is 0.389. The second-order valence-corrected chi connectivity index (χ2v) is 6.35. The third-order valence-corrected chi connectivity index (χ3v) is 5.06. The van der Waals surface area contributed by atoms with Crippen molar-refractivity contribution < 1.29 is 4.39 Å². The molecule has 2 fully saturated rings. The lowest BCUT2D eigenvalue weighted by atomic mass is 9.75. The van der Waals surface area contributed by atoms with Gasteiger partial charge in [0.1, 0.15) is 5.82 Å². The van der Waals surface area contributed by atoms with Crippen molar-refractivity contribution in [1.82, 2.24) is 9.88 Å². The van der Waals surface area contributed by atoms with Gasteiger partial charge in [-0.05, 0) is 56.1 Å². The number of halogens is 1. The average molecular weight is 282 g/mol. The molecule has 0 amide bonds. The molecule has 2 bridgehead atoms. The van der Waals surface area contributed by atoms with Crippen LogP contribution in [0.1, 0.15) is 24.8 Å². The zero-order valence-corrected chi connectivity index (χ0v) is 12.1. The molecular weight excluding hydrogens is 263 g/mol. The van der Waals surface area contributed by atoms with Crippen LogP contribution in [0.25, 0.3) is 11.3 Å². The normalized spacial score (nSPS) is 27.8. The summed E-state index contributed by atoms with van der Waals surface area (Å²) in [5.41, 5.74) is 3.35. The number of piperidine rings is 1. The van der Waals surface area contributed by atoms with Gasteiger partial charge >= 0.3 is 0 Å². The van der Waals surface area contributed by atoms with Gasteiger partial charge in [-0.25, -0.2) is 4.39 Å².